The van der Waals surface area contributed by atoms with Crippen LogP contribution in [0.5, 0.6) is 0 Å². The minimum atomic E-state index is -0.349. The molecular formula is C19H29FN6. The molecule has 1 aromatic heterocycles. The molecule has 2 rings (SSSR count). The quantitative estimate of drug-likeness (QED) is 0.622. The highest BCUT2D eigenvalue weighted by molar-refractivity contribution is 5.60. The smallest absolute Gasteiger partial charge is 0.138 e. The van der Waals surface area contributed by atoms with Gasteiger partial charge in [-0.15, -0.1) is 0 Å². The van der Waals surface area contributed by atoms with E-state index in [0.717, 1.165) is 11.3 Å². The highest BCUT2D eigenvalue weighted by Crippen LogP contribution is 2.26. The third-order valence-electron chi connectivity index (χ3n) is 3.57. The fraction of sp³-hybridized carbons (Fsp3) is 0.368. The second-order valence-corrected chi connectivity index (χ2v) is 5.93. The van der Waals surface area contributed by atoms with Crippen LogP contribution in [0.1, 0.15) is 46.1 Å². The van der Waals surface area contributed by atoms with Crippen molar-refractivity contribution in [3.8, 4) is 0 Å². The van der Waals surface area contributed by atoms with E-state index in [1.807, 2.05) is 19.9 Å². The van der Waals surface area contributed by atoms with Crippen LogP contribution < -0.4 is 16.6 Å². The van der Waals surface area contributed by atoms with Crippen molar-refractivity contribution in [3.05, 3.63) is 59.7 Å². The summed E-state index contributed by atoms with van der Waals surface area (Å²) < 4.78 is 15.2. The Morgan fingerprint density at radius 3 is 2.50 bits per heavy atom. The van der Waals surface area contributed by atoms with Gasteiger partial charge in [0.05, 0.1) is 11.4 Å². The molecular weight excluding hydrogens is 331 g/mol. The zero-order chi connectivity index (χ0) is 19.7. The first kappa shape index (κ1) is 21.4. The topological polar surface area (TPSA) is 86.0 Å². The molecule has 0 saturated carbocycles. The van der Waals surface area contributed by atoms with E-state index in [9.17, 15) is 4.39 Å². The summed E-state index contributed by atoms with van der Waals surface area (Å²) in [5, 5.41) is 5.54. The third kappa shape index (κ3) is 5.70. The Bertz CT molecular complexity index is 745. The van der Waals surface area contributed by atoms with Gasteiger partial charge in [0.15, 0.2) is 0 Å². The van der Waals surface area contributed by atoms with Crippen LogP contribution in [0, 0.1) is 12.7 Å². The number of nitrogens with two attached hydrogens (primary N) is 2. The molecule has 0 aliphatic heterocycles. The lowest BCUT2D eigenvalue weighted by Gasteiger charge is -2.26. The van der Waals surface area contributed by atoms with Gasteiger partial charge in [-0.2, -0.15) is 5.10 Å². The summed E-state index contributed by atoms with van der Waals surface area (Å²) in [5.74, 6) is 5.87. The Hall–Kier alpha value is -2.67. The largest absolute Gasteiger partial charge is 0.401 e. The minimum Gasteiger partial charge on any atom is -0.401 e. The molecule has 0 spiro atoms. The van der Waals surface area contributed by atoms with Gasteiger partial charge in [0.2, 0.25) is 0 Å². The van der Waals surface area contributed by atoms with E-state index in [0.29, 0.717) is 23.5 Å². The average molecular weight is 360 g/mol. The van der Waals surface area contributed by atoms with Gasteiger partial charge in [-0.1, -0.05) is 32.4 Å². The Labute approximate surface area is 155 Å². The predicted octanol–water partition coefficient (Wildman–Crippen LogP) is 3.96. The standard InChI is InChI=1S/C16H21FN6.C3H8/c1-4-14(22-10-20-9-21-22)8-16(12(3)18)23(19)15-7-13(17)6-5-11(15)2;1-3-2/h4-7,9-10H,8,18-19H2,1-3H3;3H2,1-2H3/b14-4-,16-12-;. The number of allylic oxidation sites excluding steroid dienone is 3. The number of halogens is 1. The first-order valence-corrected chi connectivity index (χ1v) is 8.61. The lowest BCUT2D eigenvalue weighted by atomic mass is 10.1. The molecule has 1 heterocycles. The molecule has 0 aliphatic carbocycles. The summed E-state index contributed by atoms with van der Waals surface area (Å²) in [6.45, 7) is 9.78. The van der Waals surface area contributed by atoms with Crippen molar-refractivity contribution >= 4 is 11.4 Å². The molecule has 142 valence electrons. The molecule has 1 aromatic carbocycles. The first-order chi connectivity index (χ1) is 12.3. The summed E-state index contributed by atoms with van der Waals surface area (Å²) in [6, 6.07) is 4.48. The highest BCUT2D eigenvalue weighted by Gasteiger charge is 2.16. The van der Waals surface area contributed by atoms with Gasteiger partial charge in [-0.25, -0.2) is 19.9 Å². The number of hydrazine groups is 1. The van der Waals surface area contributed by atoms with Gasteiger partial charge in [0.1, 0.15) is 18.5 Å². The number of hydrogen-bond donors (Lipinski definition) is 2. The monoisotopic (exact) mass is 360 g/mol. The maximum atomic E-state index is 13.6. The van der Waals surface area contributed by atoms with Gasteiger partial charge in [-0.05, 0) is 38.5 Å². The number of benzene rings is 1. The van der Waals surface area contributed by atoms with Crippen LogP contribution >= 0.6 is 0 Å². The normalized spacial score (nSPS) is 12.2. The number of anilines is 1. The van der Waals surface area contributed by atoms with Crippen LogP contribution in [0.4, 0.5) is 10.1 Å². The van der Waals surface area contributed by atoms with Crippen LogP contribution in [-0.2, 0) is 0 Å². The molecule has 0 radical (unpaired) electrons. The van der Waals surface area contributed by atoms with Crippen molar-refractivity contribution in [1.82, 2.24) is 14.8 Å². The van der Waals surface area contributed by atoms with Crippen molar-refractivity contribution in [2.75, 3.05) is 5.01 Å². The summed E-state index contributed by atoms with van der Waals surface area (Å²) in [7, 11) is 0. The number of rotatable bonds is 5. The zero-order valence-corrected chi connectivity index (χ0v) is 16.2. The Kier molecular flexibility index (Phi) is 8.51. The van der Waals surface area contributed by atoms with E-state index in [1.54, 1.807) is 24.0 Å². The predicted molar refractivity (Wildman–Crippen MR) is 105 cm³/mol. The van der Waals surface area contributed by atoms with Crippen molar-refractivity contribution in [2.24, 2.45) is 11.6 Å². The molecule has 26 heavy (non-hydrogen) atoms. The van der Waals surface area contributed by atoms with Crippen molar-refractivity contribution in [1.29, 1.82) is 0 Å². The number of aromatic nitrogens is 3. The summed E-state index contributed by atoms with van der Waals surface area (Å²) in [4.78, 5) is 3.94. The van der Waals surface area contributed by atoms with E-state index in [1.165, 1.54) is 29.9 Å². The van der Waals surface area contributed by atoms with E-state index < -0.39 is 0 Å². The van der Waals surface area contributed by atoms with E-state index in [-0.39, 0.29) is 5.82 Å². The lowest BCUT2D eigenvalue weighted by molar-refractivity contribution is 0.626. The maximum Gasteiger partial charge on any atom is 0.138 e. The van der Waals surface area contributed by atoms with Gasteiger partial charge < -0.3 is 5.73 Å². The molecule has 0 atom stereocenters. The molecule has 6 nitrogen and oxygen atoms in total. The molecule has 0 bridgehead atoms. The van der Waals surface area contributed by atoms with E-state index in [2.05, 4.69) is 23.9 Å². The number of hydrogen-bond acceptors (Lipinski definition) is 5. The van der Waals surface area contributed by atoms with Gasteiger partial charge in [0, 0.05) is 17.8 Å². The summed E-state index contributed by atoms with van der Waals surface area (Å²) >= 11 is 0. The molecule has 0 aliphatic rings. The van der Waals surface area contributed by atoms with Crippen LogP contribution in [0.25, 0.3) is 5.70 Å². The fourth-order valence-corrected chi connectivity index (χ4v) is 2.25. The molecule has 0 fully saturated rings. The van der Waals surface area contributed by atoms with Gasteiger partial charge in [0.25, 0.3) is 0 Å². The van der Waals surface area contributed by atoms with Crippen molar-refractivity contribution in [3.63, 3.8) is 0 Å². The van der Waals surface area contributed by atoms with Crippen molar-refractivity contribution in [2.45, 2.75) is 47.5 Å². The van der Waals surface area contributed by atoms with Gasteiger partial charge in [-0.3, -0.25) is 5.01 Å². The Morgan fingerprint density at radius 2 is 2.00 bits per heavy atom. The molecule has 2 aromatic rings. The number of nitrogens with zero attached hydrogens (tertiary/aromatic N) is 4. The molecule has 7 heteroatoms. The fourth-order valence-electron chi connectivity index (χ4n) is 2.25. The molecule has 0 saturated heterocycles. The van der Waals surface area contributed by atoms with Crippen LogP contribution in [-0.4, -0.2) is 14.8 Å². The van der Waals surface area contributed by atoms with E-state index in [4.69, 9.17) is 11.6 Å². The van der Waals surface area contributed by atoms with Gasteiger partial charge >= 0.3 is 0 Å². The van der Waals surface area contributed by atoms with Crippen LogP contribution in [0.3, 0.4) is 0 Å². The second-order valence-electron chi connectivity index (χ2n) is 5.93. The average Bonchev–Trinajstić information content (AvgIpc) is 3.12. The van der Waals surface area contributed by atoms with Crippen LogP contribution in [0.2, 0.25) is 0 Å². The number of aryl methyl sites for hydroxylation is 1. The molecule has 0 amide bonds. The Balaban J connectivity index is 0.00000105. The van der Waals surface area contributed by atoms with E-state index >= 15 is 0 Å². The highest BCUT2D eigenvalue weighted by atomic mass is 19.1. The molecule has 0 unspecified atom stereocenters. The zero-order valence-electron chi connectivity index (χ0n) is 16.2. The summed E-state index contributed by atoms with van der Waals surface area (Å²) in [6.07, 6.45) is 6.66. The van der Waals surface area contributed by atoms with Crippen molar-refractivity contribution < 1.29 is 4.39 Å². The summed E-state index contributed by atoms with van der Waals surface area (Å²) in [5.41, 5.74) is 9.52. The Morgan fingerprint density at radius 1 is 1.35 bits per heavy atom. The second kappa shape index (κ2) is 10.4. The maximum absolute atomic E-state index is 13.6. The van der Waals surface area contributed by atoms with Crippen LogP contribution in [0.15, 0.2) is 48.3 Å². The minimum absolute atomic E-state index is 0.349. The molecule has 4 N–H and O–H groups in total. The lowest BCUT2D eigenvalue weighted by Crippen LogP contribution is -2.33. The third-order valence-corrected chi connectivity index (χ3v) is 3.57. The first-order valence-electron chi connectivity index (χ1n) is 8.61. The SMILES string of the molecule is C/C=C(/C/C(=C(\C)N)N(N)c1cc(F)ccc1C)n1cncn1.CCC.